The van der Waals surface area contributed by atoms with E-state index in [0.717, 1.165) is 5.56 Å². The van der Waals surface area contributed by atoms with Crippen LogP contribution in [-0.4, -0.2) is 17.2 Å². The maximum absolute atomic E-state index is 11.4. The smallest absolute Gasteiger partial charge is 0.308 e. The van der Waals surface area contributed by atoms with Gasteiger partial charge in [0.1, 0.15) is 6.61 Å². The van der Waals surface area contributed by atoms with Crippen molar-refractivity contribution in [2.24, 2.45) is 5.92 Å². The maximum Gasteiger partial charge on any atom is 0.308 e. The van der Waals surface area contributed by atoms with Gasteiger partial charge in [-0.05, 0) is 17.9 Å². The van der Waals surface area contributed by atoms with Crippen LogP contribution in [0.3, 0.4) is 0 Å². The van der Waals surface area contributed by atoms with Crippen molar-refractivity contribution in [1.82, 2.24) is 0 Å². The third-order valence-electron chi connectivity index (χ3n) is 2.39. The molecule has 0 bridgehead atoms. The molecule has 3 heteroatoms. The van der Waals surface area contributed by atoms with Gasteiger partial charge in [0, 0.05) is 0 Å². The van der Waals surface area contributed by atoms with Gasteiger partial charge in [0.05, 0.1) is 12.5 Å². The van der Waals surface area contributed by atoms with E-state index in [0.29, 0.717) is 12.3 Å². The first-order valence-electron chi connectivity index (χ1n) is 5.95. The molecule has 17 heavy (non-hydrogen) atoms. The number of ether oxygens (including phenoxy) is 1. The summed E-state index contributed by atoms with van der Waals surface area (Å²) in [7, 11) is 0. The van der Waals surface area contributed by atoms with Gasteiger partial charge in [0.15, 0.2) is 0 Å². The van der Waals surface area contributed by atoms with Crippen LogP contribution in [0.25, 0.3) is 0 Å². The van der Waals surface area contributed by atoms with Crippen LogP contribution >= 0.6 is 0 Å². The van der Waals surface area contributed by atoms with E-state index in [1.807, 2.05) is 44.2 Å². The molecule has 0 aliphatic heterocycles. The molecule has 0 spiro atoms. The molecule has 1 aromatic rings. The lowest BCUT2D eigenvalue weighted by Gasteiger charge is -2.12. The van der Waals surface area contributed by atoms with Crippen LogP contribution in [0, 0.1) is 5.92 Å². The fraction of sp³-hybridized carbons (Fsp3) is 0.500. The lowest BCUT2D eigenvalue weighted by atomic mass is 10.0. The number of esters is 1. The lowest BCUT2D eigenvalue weighted by molar-refractivity contribution is -0.147. The van der Waals surface area contributed by atoms with Crippen LogP contribution in [-0.2, 0) is 16.1 Å². The zero-order valence-corrected chi connectivity index (χ0v) is 10.4. The Morgan fingerprint density at radius 3 is 2.53 bits per heavy atom. The van der Waals surface area contributed by atoms with Crippen LogP contribution in [0.1, 0.15) is 32.3 Å². The summed E-state index contributed by atoms with van der Waals surface area (Å²) < 4.78 is 5.08. The Bertz CT molecular complexity index is 333. The molecule has 0 saturated carbocycles. The van der Waals surface area contributed by atoms with Gasteiger partial charge in [-0.3, -0.25) is 4.79 Å². The normalized spacial score (nSPS) is 12.5. The Morgan fingerprint density at radius 2 is 1.94 bits per heavy atom. The molecule has 1 atom stereocenters. The molecule has 0 aliphatic carbocycles. The molecular weight excluding hydrogens is 216 g/mol. The monoisotopic (exact) mass is 236 g/mol. The Morgan fingerprint density at radius 1 is 1.29 bits per heavy atom. The average molecular weight is 236 g/mol. The van der Waals surface area contributed by atoms with Crippen molar-refractivity contribution >= 4 is 5.97 Å². The molecule has 0 aromatic heterocycles. The molecule has 0 unspecified atom stereocenters. The summed E-state index contributed by atoms with van der Waals surface area (Å²) in [4.78, 5) is 11.4. The average Bonchev–Trinajstić information content (AvgIpc) is 2.26. The largest absolute Gasteiger partial charge is 0.461 e. The van der Waals surface area contributed by atoms with Gasteiger partial charge < -0.3 is 9.84 Å². The lowest BCUT2D eigenvalue weighted by Crippen LogP contribution is -2.17. The van der Waals surface area contributed by atoms with E-state index in [4.69, 9.17) is 4.74 Å². The number of hydrogen-bond donors (Lipinski definition) is 1. The topological polar surface area (TPSA) is 46.5 Å². The minimum absolute atomic E-state index is 0.0744. The minimum atomic E-state index is -0.599. The van der Waals surface area contributed by atoms with Crippen LogP contribution < -0.4 is 0 Å². The van der Waals surface area contributed by atoms with Crippen molar-refractivity contribution < 1.29 is 14.6 Å². The minimum Gasteiger partial charge on any atom is -0.461 e. The first kappa shape index (κ1) is 13.7. The highest BCUT2D eigenvalue weighted by molar-refractivity contribution is 5.69. The van der Waals surface area contributed by atoms with E-state index in [1.54, 1.807) is 0 Å². The Labute approximate surface area is 102 Å². The van der Waals surface area contributed by atoms with Gasteiger partial charge in [-0.1, -0.05) is 44.2 Å². The first-order chi connectivity index (χ1) is 8.08. The molecule has 1 N–H and O–H groups in total. The molecule has 0 saturated heterocycles. The van der Waals surface area contributed by atoms with E-state index >= 15 is 0 Å². The number of carbonyl (C=O) groups is 1. The standard InChI is InChI=1S/C14H20O3/c1-11(2)8-13(15)9-14(16)17-10-12-6-4-3-5-7-12/h3-7,11,13,15H,8-10H2,1-2H3/t13-/m1/s1. The van der Waals surface area contributed by atoms with Crippen LogP contribution in [0.15, 0.2) is 30.3 Å². The van der Waals surface area contributed by atoms with E-state index < -0.39 is 6.10 Å². The van der Waals surface area contributed by atoms with Crippen molar-refractivity contribution in [3.8, 4) is 0 Å². The van der Waals surface area contributed by atoms with Crippen molar-refractivity contribution in [3.63, 3.8) is 0 Å². The zero-order chi connectivity index (χ0) is 12.7. The predicted molar refractivity (Wildman–Crippen MR) is 66.3 cm³/mol. The quantitative estimate of drug-likeness (QED) is 0.772. The molecule has 3 nitrogen and oxygen atoms in total. The Hall–Kier alpha value is -1.35. The summed E-state index contributed by atoms with van der Waals surface area (Å²) in [5.41, 5.74) is 0.958. The highest BCUT2D eigenvalue weighted by atomic mass is 16.5. The molecule has 0 radical (unpaired) electrons. The number of hydrogen-bond acceptors (Lipinski definition) is 3. The highest BCUT2D eigenvalue weighted by Gasteiger charge is 2.13. The number of aliphatic hydroxyl groups is 1. The van der Waals surface area contributed by atoms with E-state index in [9.17, 15) is 9.90 Å². The first-order valence-corrected chi connectivity index (χ1v) is 5.95. The summed E-state index contributed by atoms with van der Waals surface area (Å²) >= 11 is 0. The molecular formula is C14H20O3. The second kappa shape index (κ2) is 7.07. The van der Waals surface area contributed by atoms with Gasteiger partial charge in [-0.15, -0.1) is 0 Å². The molecule has 1 rings (SSSR count). The third kappa shape index (κ3) is 6.07. The summed E-state index contributed by atoms with van der Waals surface area (Å²) in [5.74, 6) is 0.0360. The van der Waals surface area contributed by atoms with Crippen molar-refractivity contribution in [3.05, 3.63) is 35.9 Å². The molecule has 0 fully saturated rings. The van der Waals surface area contributed by atoms with E-state index in [-0.39, 0.29) is 19.0 Å². The van der Waals surface area contributed by atoms with Gasteiger partial charge in [0.2, 0.25) is 0 Å². The number of aliphatic hydroxyl groups excluding tert-OH is 1. The van der Waals surface area contributed by atoms with Crippen molar-refractivity contribution in [1.29, 1.82) is 0 Å². The van der Waals surface area contributed by atoms with Gasteiger partial charge >= 0.3 is 5.97 Å². The Kier molecular flexibility index (Phi) is 5.70. The van der Waals surface area contributed by atoms with Crippen molar-refractivity contribution in [2.45, 2.75) is 39.4 Å². The fourth-order valence-electron chi connectivity index (χ4n) is 1.62. The highest BCUT2D eigenvalue weighted by Crippen LogP contribution is 2.09. The van der Waals surface area contributed by atoms with E-state index in [1.165, 1.54) is 0 Å². The third-order valence-corrected chi connectivity index (χ3v) is 2.39. The second-order valence-corrected chi connectivity index (χ2v) is 4.63. The van der Waals surface area contributed by atoms with Crippen LogP contribution in [0.2, 0.25) is 0 Å². The fourth-order valence-corrected chi connectivity index (χ4v) is 1.62. The molecule has 0 aliphatic rings. The van der Waals surface area contributed by atoms with Gasteiger partial charge in [-0.25, -0.2) is 0 Å². The molecule has 0 amide bonds. The van der Waals surface area contributed by atoms with Crippen molar-refractivity contribution in [2.75, 3.05) is 0 Å². The second-order valence-electron chi connectivity index (χ2n) is 4.63. The number of carbonyl (C=O) groups excluding carboxylic acids is 1. The predicted octanol–water partition coefficient (Wildman–Crippen LogP) is 2.53. The number of rotatable bonds is 6. The summed E-state index contributed by atoms with van der Waals surface area (Å²) in [6.45, 7) is 4.30. The summed E-state index contributed by atoms with van der Waals surface area (Å²) in [6.07, 6.45) is 0.101. The molecule has 94 valence electrons. The summed E-state index contributed by atoms with van der Waals surface area (Å²) in [5, 5.41) is 9.59. The van der Waals surface area contributed by atoms with Crippen LogP contribution in [0.5, 0.6) is 0 Å². The SMILES string of the molecule is CC(C)C[C@@H](O)CC(=O)OCc1ccccc1. The Balaban J connectivity index is 2.26. The summed E-state index contributed by atoms with van der Waals surface area (Å²) in [6, 6.07) is 9.51. The van der Waals surface area contributed by atoms with Gasteiger partial charge in [-0.2, -0.15) is 0 Å². The van der Waals surface area contributed by atoms with Gasteiger partial charge in [0.25, 0.3) is 0 Å². The molecule has 0 heterocycles. The molecule has 1 aromatic carbocycles. The van der Waals surface area contributed by atoms with Crippen LogP contribution in [0.4, 0.5) is 0 Å². The number of benzene rings is 1. The zero-order valence-electron chi connectivity index (χ0n) is 10.4. The van der Waals surface area contributed by atoms with E-state index in [2.05, 4.69) is 0 Å². The maximum atomic E-state index is 11.4.